The third-order valence-corrected chi connectivity index (χ3v) is 5.32. The Morgan fingerprint density at radius 2 is 1.86 bits per heavy atom. The van der Waals surface area contributed by atoms with Gasteiger partial charge in [0.15, 0.2) is 5.65 Å². The zero-order valence-electron chi connectivity index (χ0n) is 16.0. The van der Waals surface area contributed by atoms with Crippen molar-refractivity contribution in [1.29, 1.82) is 0 Å². The molecule has 1 N–H and O–H groups in total. The highest BCUT2D eigenvalue weighted by Gasteiger charge is 2.20. The maximum atomic E-state index is 12.9. The molecule has 29 heavy (non-hydrogen) atoms. The molecule has 2 aromatic heterocycles. The normalized spacial score (nSPS) is 15.3. The molecule has 0 unspecified atom stereocenters. The van der Waals surface area contributed by atoms with Gasteiger partial charge in [-0.05, 0) is 50.5 Å². The first kappa shape index (κ1) is 19.3. The fourth-order valence-corrected chi connectivity index (χ4v) is 3.48. The maximum absolute atomic E-state index is 12.9. The smallest absolute Gasteiger partial charge is 0.265 e. The zero-order valence-corrected chi connectivity index (χ0v) is 16.8. The summed E-state index contributed by atoms with van der Waals surface area (Å²) in [5.41, 5.74) is 0.591. The molecule has 1 atom stereocenters. The van der Waals surface area contributed by atoms with Crippen LogP contribution in [0.1, 0.15) is 32.2 Å². The number of rotatable bonds is 4. The Labute approximate surface area is 172 Å². The topological polar surface area (TPSA) is 93.0 Å². The molecule has 0 aliphatic carbocycles. The molecule has 1 aromatic carbocycles. The molecular formula is C20H21ClN6O2. The lowest BCUT2D eigenvalue weighted by atomic mass is 10.1. The highest BCUT2D eigenvalue weighted by Crippen LogP contribution is 2.18. The largest absolute Gasteiger partial charge is 0.341 e. The molecule has 0 bridgehead atoms. The van der Waals surface area contributed by atoms with E-state index in [0.717, 1.165) is 25.9 Å². The summed E-state index contributed by atoms with van der Waals surface area (Å²) in [5.74, 6) is 0.261. The number of carbonyl (C=O) groups is 1. The van der Waals surface area contributed by atoms with Crippen molar-refractivity contribution in [3.8, 4) is 0 Å². The molecule has 4 rings (SSSR count). The number of hydrogen-bond acceptors (Lipinski definition) is 6. The van der Waals surface area contributed by atoms with Crippen molar-refractivity contribution >= 4 is 40.2 Å². The minimum Gasteiger partial charge on any atom is -0.341 e. The Balaban J connectivity index is 1.58. The van der Waals surface area contributed by atoms with Crippen LogP contribution in [0.3, 0.4) is 0 Å². The Bertz CT molecular complexity index is 1090. The monoisotopic (exact) mass is 412 g/mol. The average molecular weight is 413 g/mol. The minimum absolute atomic E-state index is 0.291. The first-order valence-electron chi connectivity index (χ1n) is 9.58. The molecule has 0 spiro atoms. The molecule has 0 radical (unpaired) electrons. The summed E-state index contributed by atoms with van der Waals surface area (Å²) in [6.07, 6.45) is 6.29. The second-order valence-corrected chi connectivity index (χ2v) is 7.52. The molecule has 1 saturated heterocycles. The number of fused-ring (bicyclic) bond motifs is 1. The van der Waals surface area contributed by atoms with Crippen molar-refractivity contribution in [2.45, 2.75) is 32.2 Å². The summed E-state index contributed by atoms with van der Waals surface area (Å²) >= 11 is 5.86. The zero-order chi connectivity index (χ0) is 20.4. The van der Waals surface area contributed by atoms with Crippen LogP contribution in [0.15, 0.2) is 41.6 Å². The average Bonchev–Trinajstić information content (AvgIpc) is 2.75. The molecule has 1 amide bonds. The number of hydrogen-bond donors (Lipinski definition) is 1. The van der Waals surface area contributed by atoms with E-state index in [4.69, 9.17) is 11.6 Å². The van der Waals surface area contributed by atoms with Gasteiger partial charge in [0.1, 0.15) is 17.8 Å². The SMILES string of the molecule is C[C@H](C(=O)Nc1ccc(Cl)cc1)n1cnc2nc(N3CCCCC3)ncc2c1=O. The fraction of sp³-hybridized carbons (Fsp3) is 0.350. The third kappa shape index (κ3) is 4.07. The molecule has 3 aromatic rings. The third-order valence-electron chi connectivity index (χ3n) is 5.07. The van der Waals surface area contributed by atoms with Crippen LogP contribution in [0.5, 0.6) is 0 Å². The molecule has 0 saturated carbocycles. The minimum atomic E-state index is -0.753. The predicted molar refractivity (Wildman–Crippen MR) is 112 cm³/mol. The van der Waals surface area contributed by atoms with Crippen LogP contribution in [0.25, 0.3) is 11.0 Å². The number of anilines is 2. The molecule has 8 nitrogen and oxygen atoms in total. The number of carbonyl (C=O) groups excluding carboxylic acids is 1. The van der Waals surface area contributed by atoms with Crippen LogP contribution in [-0.4, -0.2) is 38.5 Å². The van der Waals surface area contributed by atoms with Gasteiger partial charge in [-0.15, -0.1) is 0 Å². The van der Waals surface area contributed by atoms with Crippen LogP contribution in [0.4, 0.5) is 11.6 Å². The van der Waals surface area contributed by atoms with Crippen LogP contribution in [0.2, 0.25) is 5.02 Å². The predicted octanol–water partition coefficient (Wildman–Crippen LogP) is 3.03. The number of nitrogens with one attached hydrogen (secondary N) is 1. The van der Waals surface area contributed by atoms with Crippen LogP contribution in [-0.2, 0) is 4.79 Å². The van der Waals surface area contributed by atoms with Crippen molar-refractivity contribution in [2.75, 3.05) is 23.3 Å². The molecule has 1 aliphatic rings. The number of benzene rings is 1. The first-order chi connectivity index (χ1) is 14.0. The van der Waals surface area contributed by atoms with Gasteiger partial charge in [0, 0.05) is 30.0 Å². The van der Waals surface area contributed by atoms with Gasteiger partial charge in [0.2, 0.25) is 11.9 Å². The van der Waals surface area contributed by atoms with Gasteiger partial charge in [-0.3, -0.25) is 14.2 Å². The lowest BCUT2D eigenvalue weighted by Gasteiger charge is -2.26. The Hall–Kier alpha value is -3.00. The van der Waals surface area contributed by atoms with Gasteiger partial charge in [-0.2, -0.15) is 4.98 Å². The summed E-state index contributed by atoms with van der Waals surface area (Å²) < 4.78 is 1.29. The lowest BCUT2D eigenvalue weighted by Crippen LogP contribution is -2.33. The Morgan fingerprint density at radius 1 is 1.14 bits per heavy atom. The van der Waals surface area contributed by atoms with Gasteiger partial charge >= 0.3 is 0 Å². The molecule has 1 fully saturated rings. The van der Waals surface area contributed by atoms with E-state index in [1.807, 2.05) is 0 Å². The van der Waals surface area contributed by atoms with Crippen molar-refractivity contribution in [2.24, 2.45) is 0 Å². The summed E-state index contributed by atoms with van der Waals surface area (Å²) in [5, 5.41) is 3.64. The molecule has 1 aliphatic heterocycles. The summed E-state index contributed by atoms with van der Waals surface area (Å²) in [6.45, 7) is 3.46. The maximum Gasteiger partial charge on any atom is 0.265 e. The fourth-order valence-electron chi connectivity index (χ4n) is 3.35. The number of amides is 1. The van der Waals surface area contributed by atoms with Gasteiger partial charge in [-0.25, -0.2) is 9.97 Å². The van der Waals surface area contributed by atoms with Gasteiger partial charge in [0.05, 0.1) is 0 Å². The van der Waals surface area contributed by atoms with E-state index in [1.165, 1.54) is 23.5 Å². The van der Waals surface area contributed by atoms with Crippen molar-refractivity contribution in [3.63, 3.8) is 0 Å². The molecule has 9 heteroatoms. The highest BCUT2D eigenvalue weighted by molar-refractivity contribution is 6.30. The summed E-state index contributed by atoms with van der Waals surface area (Å²) in [6, 6.07) is 6.01. The number of piperidine rings is 1. The van der Waals surface area contributed by atoms with E-state index in [2.05, 4.69) is 25.2 Å². The van der Waals surface area contributed by atoms with Crippen molar-refractivity contribution < 1.29 is 4.79 Å². The van der Waals surface area contributed by atoms with Crippen molar-refractivity contribution in [3.05, 3.63) is 52.2 Å². The second-order valence-electron chi connectivity index (χ2n) is 7.08. The van der Waals surface area contributed by atoms with E-state index in [0.29, 0.717) is 27.7 Å². The van der Waals surface area contributed by atoms with Gasteiger partial charge in [-0.1, -0.05) is 11.6 Å². The van der Waals surface area contributed by atoms with Gasteiger partial charge in [0.25, 0.3) is 5.56 Å². The van der Waals surface area contributed by atoms with Crippen molar-refractivity contribution in [1.82, 2.24) is 19.5 Å². The quantitative estimate of drug-likeness (QED) is 0.708. The first-order valence-corrected chi connectivity index (χ1v) is 9.96. The standard InChI is InChI=1S/C20H21ClN6O2/c1-13(18(28)24-15-7-5-14(21)6-8-15)27-12-23-17-16(19(27)29)11-22-20(25-17)26-9-3-2-4-10-26/h5-8,11-13H,2-4,9-10H2,1H3,(H,24,28)/t13-/m1/s1. The molecule has 3 heterocycles. The van der Waals surface area contributed by atoms with Crippen LogP contribution in [0, 0.1) is 0 Å². The van der Waals surface area contributed by atoms with E-state index in [9.17, 15) is 9.59 Å². The lowest BCUT2D eigenvalue weighted by molar-refractivity contribution is -0.118. The summed E-state index contributed by atoms with van der Waals surface area (Å²) in [7, 11) is 0. The Kier molecular flexibility index (Phi) is 5.44. The van der Waals surface area contributed by atoms with Crippen LogP contribution < -0.4 is 15.8 Å². The van der Waals surface area contributed by atoms with E-state index in [1.54, 1.807) is 31.2 Å². The second kappa shape index (κ2) is 8.16. The Morgan fingerprint density at radius 3 is 2.59 bits per heavy atom. The highest BCUT2D eigenvalue weighted by atomic mass is 35.5. The number of halogens is 1. The molecule has 150 valence electrons. The summed E-state index contributed by atoms with van der Waals surface area (Å²) in [4.78, 5) is 40.7. The number of nitrogens with zero attached hydrogens (tertiary/aromatic N) is 5. The number of aromatic nitrogens is 4. The van der Waals surface area contributed by atoms with E-state index < -0.39 is 6.04 Å². The van der Waals surface area contributed by atoms with Gasteiger partial charge < -0.3 is 10.2 Å². The van der Waals surface area contributed by atoms with Crippen LogP contribution >= 0.6 is 11.6 Å². The van der Waals surface area contributed by atoms with E-state index >= 15 is 0 Å². The molecular weight excluding hydrogens is 392 g/mol. The van der Waals surface area contributed by atoms with E-state index in [-0.39, 0.29) is 11.5 Å².